The van der Waals surface area contributed by atoms with Gasteiger partial charge in [0.05, 0.1) is 6.61 Å². The van der Waals surface area contributed by atoms with Crippen LogP contribution in [0.2, 0.25) is 0 Å². The summed E-state index contributed by atoms with van der Waals surface area (Å²) in [6.45, 7) is 8.07. The first kappa shape index (κ1) is 21.7. The van der Waals surface area contributed by atoms with E-state index in [1.807, 2.05) is 39.0 Å². The fourth-order valence-corrected chi connectivity index (χ4v) is 3.78. The summed E-state index contributed by atoms with van der Waals surface area (Å²) >= 11 is 5.21. The molecule has 0 radical (unpaired) electrons. The summed E-state index contributed by atoms with van der Waals surface area (Å²) in [5, 5.41) is 10.7. The van der Waals surface area contributed by atoms with Crippen molar-refractivity contribution in [2.45, 2.75) is 51.7 Å². The number of nitrogens with one attached hydrogen (secondary N) is 2. The topological polar surface area (TPSA) is 81.1 Å². The van der Waals surface area contributed by atoms with Crippen molar-refractivity contribution in [2.75, 3.05) is 13.2 Å². The lowest BCUT2D eigenvalue weighted by Gasteiger charge is -2.21. The molecule has 0 aliphatic carbocycles. The van der Waals surface area contributed by atoms with E-state index in [-0.39, 0.29) is 12.1 Å². The predicted octanol–water partition coefficient (Wildman–Crippen LogP) is 4.59. The van der Waals surface area contributed by atoms with Gasteiger partial charge in [-0.1, -0.05) is 24.4 Å². The van der Waals surface area contributed by atoms with Crippen LogP contribution in [0.4, 0.5) is 0 Å². The molecule has 0 amide bonds. The molecule has 2 aromatic heterocycles. The molecule has 5 N–H and O–H groups in total. The number of hydrogen-bond acceptors (Lipinski definition) is 4. The number of aromatic nitrogens is 2. The van der Waals surface area contributed by atoms with Gasteiger partial charge in [0.15, 0.2) is 0 Å². The molecule has 1 fully saturated rings. The second-order valence-electron chi connectivity index (χ2n) is 8.84. The van der Waals surface area contributed by atoms with E-state index < -0.39 is 0 Å². The van der Waals surface area contributed by atoms with E-state index in [2.05, 4.69) is 39.1 Å². The zero-order valence-electron chi connectivity index (χ0n) is 17.5. The molecule has 3 aromatic rings. The number of nitrogens with zero attached hydrogens (tertiary/aromatic N) is 1. The molecule has 1 saturated heterocycles. The third-order valence-electron chi connectivity index (χ3n) is 4.84. The van der Waals surface area contributed by atoms with Crippen LogP contribution in [0.25, 0.3) is 22.2 Å². The fraction of sp³-hybridized carbons (Fsp3) is 0.435. The molecule has 4 rings (SSSR count). The van der Waals surface area contributed by atoms with Crippen LogP contribution in [-0.2, 0) is 6.54 Å². The highest BCUT2D eigenvalue weighted by Crippen LogP contribution is 2.25. The highest BCUT2D eigenvalue weighted by atomic mass is 32.1. The molecule has 29 heavy (non-hydrogen) atoms. The first-order chi connectivity index (χ1) is 13.7. The number of aliphatic hydroxyl groups excluding tert-OH is 1. The highest BCUT2D eigenvalue weighted by molar-refractivity contribution is 7.71. The number of aromatic amines is 2. The molecule has 1 aliphatic heterocycles. The van der Waals surface area contributed by atoms with Crippen LogP contribution in [0.1, 0.15) is 39.3 Å². The van der Waals surface area contributed by atoms with E-state index >= 15 is 0 Å². The second kappa shape index (κ2) is 9.22. The van der Waals surface area contributed by atoms with Gasteiger partial charge in [0.25, 0.3) is 0 Å². The summed E-state index contributed by atoms with van der Waals surface area (Å²) in [4.78, 5) is 9.10. The van der Waals surface area contributed by atoms with Gasteiger partial charge >= 0.3 is 0 Å². The minimum atomic E-state index is 0. The van der Waals surface area contributed by atoms with Gasteiger partial charge in [-0.2, -0.15) is 0 Å². The minimum Gasteiger partial charge on any atom is -0.395 e. The van der Waals surface area contributed by atoms with Crippen molar-refractivity contribution in [1.29, 1.82) is 0 Å². The monoisotopic (exact) mass is 412 g/mol. The van der Waals surface area contributed by atoms with E-state index in [0.717, 1.165) is 40.9 Å². The quantitative estimate of drug-likeness (QED) is 0.472. The van der Waals surface area contributed by atoms with Gasteiger partial charge in [-0.25, -0.2) is 0 Å². The number of likely N-dealkylation sites (tertiary alicyclic amines) is 1. The number of benzene rings is 1. The molecule has 1 aromatic carbocycles. The lowest BCUT2D eigenvalue weighted by Crippen LogP contribution is -2.31. The predicted molar refractivity (Wildman–Crippen MR) is 123 cm³/mol. The van der Waals surface area contributed by atoms with Crippen LogP contribution in [0.15, 0.2) is 42.5 Å². The van der Waals surface area contributed by atoms with E-state index in [0.29, 0.717) is 6.04 Å². The Bertz CT molecular complexity index is 996. The Morgan fingerprint density at radius 3 is 2.62 bits per heavy atom. The van der Waals surface area contributed by atoms with Gasteiger partial charge in [0.2, 0.25) is 0 Å². The maximum atomic E-state index is 9.48. The maximum Gasteiger partial charge on any atom is 0.103 e. The van der Waals surface area contributed by atoms with Gasteiger partial charge in [0.1, 0.15) is 4.64 Å². The van der Waals surface area contributed by atoms with Crippen LogP contribution in [-0.4, -0.2) is 44.7 Å². The summed E-state index contributed by atoms with van der Waals surface area (Å²) in [5.74, 6) is 0. The molecule has 0 bridgehead atoms. The van der Waals surface area contributed by atoms with Gasteiger partial charge in [0, 0.05) is 40.4 Å². The molecule has 5 nitrogen and oxygen atoms in total. The average molecular weight is 413 g/mol. The number of pyridine rings is 1. The Morgan fingerprint density at radius 2 is 1.93 bits per heavy atom. The Morgan fingerprint density at radius 1 is 1.17 bits per heavy atom. The number of H-pyrrole nitrogens is 2. The van der Waals surface area contributed by atoms with Crippen molar-refractivity contribution in [3.63, 3.8) is 0 Å². The minimum absolute atomic E-state index is 0. The van der Waals surface area contributed by atoms with Crippen molar-refractivity contribution < 1.29 is 5.11 Å². The third kappa shape index (κ3) is 6.24. The van der Waals surface area contributed by atoms with E-state index in [1.54, 1.807) is 0 Å². The maximum absolute atomic E-state index is 9.48. The zero-order chi connectivity index (χ0) is 21.0. The Labute approximate surface area is 178 Å². The van der Waals surface area contributed by atoms with Crippen LogP contribution >= 0.6 is 12.2 Å². The first-order valence-corrected chi connectivity index (χ1v) is 10.6. The van der Waals surface area contributed by atoms with Crippen molar-refractivity contribution in [3.8, 4) is 11.3 Å². The zero-order valence-corrected chi connectivity index (χ0v) is 18.4. The molecule has 1 atom stereocenters. The number of fused-ring (bicyclic) bond motifs is 1. The van der Waals surface area contributed by atoms with E-state index in [4.69, 9.17) is 18.0 Å². The lowest BCUT2D eigenvalue weighted by molar-refractivity contribution is 0.152. The standard InChI is InChI=1S/C19H21N3OS.C4H11N/c23-12-16-3-2-8-22(16)11-15-10-14-9-13(6-7-18(14)20-15)17-4-1-5-19(24)21-17;1-4(2,3)5/h1,4-7,9-10,16,20,23H,2-3,8,11-12H2,(H,21,24);5H2,1-3H3. The molecule has 0 spiro atoms. The van der Waals surface area contributed by atoms with Gasteiger partial charge in [-0.15, -0.1) is 0 Å². The Kier molecular flexibility index (Phi) is 6.90. The number of rotatable bonds is 4. The number of hydrogen-bond donors (Lipinski definition) is 4. The van der Waals surface area contributed by atoms with Crippen LogP contribution in [0.3, 0.4) is 0 Å². The summed E-state index contributed by atoms with van der Waals surface area (Å²) in [6.07, 6.45) is 2.26. The lowest BCUT2D eigenvalue weighted by atomic mass is 10.1. The number of nitrogens with two attached hydrogens (primary N) is 1. The summed E-state index contributed by atoms with van der Waals surface area (Å²) < 4.78 is 0.742. The van der Waals surface area contributed by atoms with Crippen molar-refractivity contribution in [3.05, 3.63) is 52.8 Å². The normalized spacial score (nSPS) is 17.3. The fourth-order valence-electron chi connectivity index (χ4n) is 3.59. The van der Waals surface area contributed by atoms with Gasteiger partial charge in [-0.3, -0.25) is 4.90 Å². The highest BCUT2D eigenvalue weighted by Gasteiger charge is 2.23. The second-order valence-corrected chi connectivity index (χ2v) is 9.28. The summed E-state index contributed by atoms with van der Waals surface area (Å²) in [5.41, 5.74) is 9.86. The smallest absolute Gasteiger partial charge is 0.103 e. The number of aliphatic hydroxyl groups is 1. The van der Waals surface area contributed by atoms with Crippen molar-refractivity contribution in [2.24, 2.45) is 5.73 Å². The van der Waals surface area contributed by atoms with Crippen molar-refractivity contribution >= 4 is 23.1 Å². The average Bonchev–Trinajstić information content (AvgIpc) is 3.25. The van der Waals surface area contributed by atoms with Crippen LogP contribution in [0, 0.1) is 4.64 Å². The van der Waals surface area contributed by atoms with E-state index in [1.165, 1.54) is 17.5 Å². The summed E-state index contributed by atoms with van der Waals surface area (Å²) in [6, 6.07) is 14.8. The van der Waals surface area contributed by atoms with Crippen LogP contribution < -0.4 is 5.73 Å². The molecule has 0 saturated carbocycles. The molecule has 156 valence electrons. The largest absolute Gasteiger partial charge is 0.395 e. The molecule has 6 heteroatoms. The molecular weight excluding hydrogens is 380 g/mol. The Hall–Kier alpha value is -1.99. The third-order valence-corrected chi connectivity index (χ3v) is 5.08. The van der Waals surface area contributed by atoms with Crippen molar-refractivity contribution in [1.82, 2.24) is 14.9 Å². The Balaban J connectivity index is 0.000000431. The summed E-state index contributed by atoms with van der Waals surface area (Å²) in [7, 11) is 0. The van der Waals surface area contributed by atoms with Gasteiger partial charge < -0.3 is 20.8 Å². The molecular formula is C23H32N4OS. The SMILES string of the molecule is CC(C)(C)N.OCC1CCCN1Cc1cc2cc(-c3cccc(=S)[nH]3)ccc2[nH]1. The van der Waals surface area contributed by atoms with E-state index in [9.17, 15) is 5.11 Å². The molecule has 1 unspecified atom stereocenters. The van der Waals surface area contributed by atoms with Gasteiger partial charge in [-0.05, 0) is 76.1 Å². The molecule has 1 aliphatic rings. The molecule has 3 heterocycles. The van der Waals surface area contributed by atoms with Crippen LogP contribution in [0.5, 0.6) is 0 Å². The first-order valence-electron chi connectivity index (χ1n) is 10.2.